The number of rotatable bonds is 4. The first-order valence-corrected chi connectivity index (χ1v) is 10.8. The summed E-state index contributed by atoms with van der Waals surface area (Å²) in [5.74, 6) is -0.996. The quantitative estimate of drug-likeness (QED) is 0.663. The van der Waals surface area contributed by atoms with Gasteiger partial charge in [-0.15, -0.1) is 0 Å². The Morgan fingerprint density at radius 2 is 1.96 bits per heavy atom. The van der Waals surface area contributed by atoms with Crippen LogP contribution in [-0.2, 0) is 16.6 Å². The van der Waals surface area contributed by atoms with Crippen LogP contribution < -0.4 is 4.74 Å². The molecule has 0 unspecified atom stereocenters. The molecule has 0 saturated heterocycles. The summed E-state index contributed by atoms with van der Waals surface area (Å²) in [5.41, 5.74) is 0.120. The number of sulfonamides is 1. The Bertz CT molecular complexity index is 950. The molecule has 2 aromatic carbocycles. The van der Waals surface area contributed by atoms with Gasteiger partial charge in [0, 0.05) is 22.6 Å². The van der Waals surface area contributed by atoms with Gasteiger partial charge in [-0.25, -0.2) is 17.2 Å². The summed E-state index contributed by atoms with van der Waals surface area (Å²) in [4.78, 5) is 0.0412. The second kappa shape index (κ2) is 7.85. The summed E-state index contributed by atoms with van der Waals surface area (Å²) in [5, 5.41) is 0. The number of nitrogens with zero attached hydrogens (tertiary/aromatic N) is 1. The largest absolute Gasteiger partial charge is 0.490 e. The average Bonchev–Trinajstić information content (AvgIpc) is 2.66. The van der Waals surface area contributed by atoms with E-state index in [9.17, 15) is 17.2 Å². The average molecular weight is 460 g/mol. The van der Waals surface area contributed by atoms with Crippen molar-refractivity contribution in [2.45, 2.75) is 37.8 Å². The van der Waals surface area contributed by atoms with Gasteiger partial charge in [-0.2, -0.15) is 4.31 Å². The smallest absolute Gasteiger partial charge is 0.247 e. The third kappa shape index (κ3) is 4.33. The van der Waals surface area contributed by atoms with Crippen LogP contribution in [0.4, 0.5) is 8.78 Å². The minimum Gasteiger partial charge on any atom is -0.490 e. The molecule has 0 amide bonds. The van der Waals surface area contributed by atoms with Crippen LogP contribution in [0.1, 0.15) is 25.8 Å². The first kappa shape index (κ1) is 20.2. The Morgan fingerprint density at radius 3 is 2.63 bits per heavy atom. The minimum absolute atomic E-state index is 0.0412. The highest BCUT2D eigenvalue weighted by Crippen LogP contribution is 2.36. The van der Waals surface area contributed by atoms with Crippen molar-refractivity contribution in [3.05, 3.63) is 58.1 Å². The van der Waals surface area contributed by atoms with Crippen molar-refractivity contribution >= 4 is 26.0 Å². The third-order valence-corrected chi connectivity index (χ3v) is 6.85. The lowest BCUT2D eigenvalue weighted by molar-refractivity contribution is 0.186. The van der Waals surface area contributed by atoms with E-state index in [0.29, 0.717) is 10.9 Å². The Morgan fingerprint density at radius 1 is 1.22 bits per heavy atom. The van der Waals surface area contributed by atoms with E-state index < -0.39 is 27.7 Å². The van der Waals surface area contributed by atoms with E-state index in [4.69, 9.17) is 4.74 Å². The van der Waals surface area contributed by atoms with Crippen LogP contribution in [0.5, 0.6) is 5.75 Å². The van der Waals surface area contributed by atoms with Crippen LogP contribution in [0.2, 0.25) is 0 Å². The second-order valence-corrected chi connectivity index (χ2v) is 9.75. The van der Waals surface area contributed by atoms with Crippen LogP contribution in [-0.4, -0.2) is 25.4 Å². The maximum Gasteiger partial charge on any atom is 0.247 e. The van der Waals surface area contributed by atoms with Crippen molar-refractivity contribution in [1.29, 1.82) is 0 Å². The molecule has 4 nitrogen and oxygen atoms in total. The number of fused-ring (bicyclic) bond motifs is 1. The van der Waals surface area contributed by atoms with E-state index in [2.05, 4.69) is 15.9 Å². The molecule has 0 saturated carbocycles. The van der Waals surface area contributed by atoms with Gasteiger partial charge in [0.2, 0.25) is 10.0 Å². The molecule has 0 aliphatic carbocycles. The maximum atomic E-state index is 14.2. The van der Waals surface area contributed by atoms with Gasteiger partial charge in [-0.3, -0.25) is 0 Å². The fraction of sp³-hybridized carbons (Fsp3) is 0.368. The molecule has 0 spiro atoms. The molecular formula is C19H20BrF2NO3S. The van der Waals surface area contributed by atoms with Crippen LogP contribution in [0.25, 0.3) is 0 Å². The molecule has 0 fully saturated rings. The summed E-state index contributed by atoms with van der Waals surface area (Å²) < 4.78 is 61.9. The molecule has 146 valence electrons. The number of ether oxygens (including phenoxy) is 1. The van der Waals surface area contributed by atoms with E-state index in [1.54, 1.807) is 12.1 Å². The zero-order valence-electron chi connectivity index (χ0n) is 15.0. The molecule has 0 radical (unpaired) electrons. The molecular weight excluding hydrogens is 440 g/mol. The number of halogens is 3. The van der Waals surface area contributed by atoms with Gasteiger partial charge in [0.1, 0.15) is 28.9 Å². The lowest BCUT2D eigenvalue weighted by Crippen LogP contribution is -2.42. The molecule has 27 heavy (non-hydrogen) atoms. The molecule has 1 aliphatic rings. The Labute approximate surface area is 166 Å². The van der Waals surface area contributed by atoms with Gasteiger partial charge in [-0.1, -0.05) is 35.8 Å². The molecule has 3 rings (SSSR count). The zero-order valence-corrected chi connectivity index (χ0v) is 17.4. The van der Waals surface area contributed by atoms with Crippen LogP contribution in [0.15, 0.2) is 45.8 Å². The first-order chi connectivity index (χ1) is 12.7. The molecule has 2 aromatic rings. The van der Waals surface area contributed by atoms with Crippen molar-refractivity contribution in [2.75, 3.05) is 6.61 Å². The standard InChI is InChI=1S/C19H20BrF2NO3S/c1-12(2)7-16-11-26-18-8-14(20)4-6-19(18)27(24,25)23(16)10-13-3-5-15(21)9-17(13)22/h3-6,8-9,12,16H,7,10-11H2,1-2H3/t16-/m0/s1. The highest BCUT2D eigenvalue weighted by atomic mass is 79.9. The minimum atomic E-state index is -3.93. The van der Waals surface area contributed by atoms with Crippen molar-refractivity contribution in [1.82, 2.24) is 4.31 Å². The second-order valence-electron chi connectivity index (χ2n) is 6.97. The number of benzene rings is 2. The van der Waals surface area contributed by atoms with E-state index >= 15 is 0 Å². The molecule has 0 bridgehead atoms. The van der Waals surface area contributed by atoms with Gasteiger partial charge < -0.3 is 4.74 Å². The van der Waals surface area contributed by atoms with Crippen LogP contribution in [0, 0.1) is 17.6 Å². The predicted molar refractivity (Wildman–Crippen MR) is 102 cm³/mol. The fourth-order valence-electron chi connectivity index (χ4n) is 3.16. The van der Waals surface area contributed by atoms with Crippen LogP contribution >= 0.6 is 15.9 Å². The number of hydrogen-bond donors (Lipinski definition) is 0. The fourth-order valence-corrected chi connectivity index (χ4v) is 5.21. The van der Waals surface area contributed by atoms with Gasteiger partial charge >= 0.3 is 0 Å². The molecule has 0 N–H and O–H groups in total. The van der Waals surface area contributed by atoms with Gasteiger partial charge in [0.05, 0.1) is 6.04 Å². The topological polar surface area (TPSA) is 46.6 Å². The summed E-state index contributed by atoms with van der Waals surface area (Å²) >= 11 is 3.32. The van der Waals surface area contributed by atoms with Gasteiger partial charge in [-0.05, 0) is 36.6 Å². The highest BCUT2D eigenvalue weighted by Gasteiger charge is 2.37. The van der Waals surface area contributed by atoms with E-state index in [1.165, 1.54) is 16.4 Å². The lowest BCUT2D eigenvalue weighted by atomic mass is 10.0. The number of hydrogen-bond acceptors (Lipinski definition) is 3. The molecule has 1 atom stereocenters. The molecule has 0 aromatic heterocycles. The third-order valence-electron chi connectivity index (χ3n) is 4.42. The van der Waals surface area contributed by atoms with E-state index in [0.717, 1.165) is 12.1 Å². The zero-order chi connectivity index (χ0) is 19.8. The summed E-state index contributed by atoms with van der Waals surface area (Å²) in [6.07, 6.45) is 0.553. The Hall–Kier alpha value is -1.51. The Kier molecular flexibility index (Phi) is 5.88. The molecule has 8 heteroatoms. The van der Waals surface area contributed by atoms with E-state index in [-0.39, 0.29) is 35.3 Å². The summed E-state index contributed by atoms with van der Waals surface area (Å²) in [6, 6.07) is 7.41. The van der Waals surface area contributed by atoms with Crippen molar-refractivity contribution in [2.24, 2.45) is 5.92 Å². The normalized spacial score (nSPS) is 19.4. The predicted octanol–water partition coefficient (Wildman–Crippen LogP) is 4.73. The summed E-state index contributed by atoms with van der Waals surface area (Å²) in [6.45, 7) is 3.93. The SMILES string of the molecule is CC(C)C[C@H]1COc2cc(Br)ccc2S(=O)(=O)N1Cc1ccc(F)cc1F. The lowest BCUT2D eigenvalue weighted by Gasteiger charge is -2.29. The van der Waals surface area contributed by atoms with Crippen molar-refractivity contribution < 1.29 is 21.9 Å². The monoisotopic (exact) mass is 459 g/mol. The highest BCUT2D eigenvalue weighted by molar-refractivity contribution is 9.10. The Balaban J connectivity index is 2.07. The molecule has 1 heterocycles. The van der Waals surface area contributed by atoms with Crippen molar-refractivity contribution in [3.63, 3.8) is 0 Å². The van der Waals surface area contributed by atoms with Gasteiger partial charge in [0.15, 0.2) is 0 Å². The van der Waals surface area contributed by atoms with Gasteiger partial charge in [0.25, 0.3) is 0 Å². The maximum absolute atomic E-state index is 14.2. The van der Waals surface area contributed by atoms with Crippen LogP contribution in [0.3, 0.4) is 0 Å². The first-order valence-electron chi connectivity index (χ1n) is 8.56. The van der Waals surface area contributed by atoms with E-state index in [1.807, 2.05) is 13.8 Å². The molecule has 1 aliphatic heterocycles. The summed E-state index contributed by atoms with van der Waals surface area (Å²) in [7, 11) is -3.93. The van der Waals surface area contributed by atoms with Crippen molar-refractivity contribution in [3.8, 4) is 5.75 Å².